The Hall–Kier alpha value is -2.81. The molecule has 3 rings (SSSR count). The summed E-state index contributed by atoms with van der Waals surface area (Å²) in [5.74, 6) is -0.928. The maximum Gasteiger partial charge on any atom is 0.244 e. The van der Waals surface area contributed by atoms with Crippen molar-refractivity contribution in [2.24, 2.45) is 0 Å². The highest BCUT2D eigenvalue weighted by Crippen LogP contribution is 2.30. The molecule has 3 aromatic rings. The summed E-state index contributed by atoms with van der Waals surface area (Å²) >= 11 is 12.8. The summed E-state index contributed by atoms with van der Waals surface area (Å²) in [6.07, 6.45) is 1.77. The van der Waals surface area contributed by atoms with Gasteiger partial charge in [0.25, 0.3) is 0 Å². The average molecular weight is 565 g/mol. The van der Waals surface area contributed by atoms with Crippen molar-refractivity contribution >= 4 is 61.5 Å². The number of sulfonamides is 1. The predicted octanol–water partition coefficient (Wildman–Crippen LogP) is 5.24. The van der Waals surface area contributed by atoms with Crippen molar-refractivity contribution in [1.82, 2.24) is 10.2 Å². The third-order valence-corrected chi connectivity index (χ3v) is 8.11. The SMILES string of the molecule is CCC(C)NC(=O)C(C)N(Cc1c(Cl)cccc1Cl)C(=O)CN(c1cccc2ccccc12)S(C)(=O)=O. The summed E-state index contributed by atoms with van der Waals surface area (Å²) in [6.45, 7) is 4.84. The topological polar surface area (TPSA) is 86.8 Å². The second-order valence-electron chi connectivity index (χ2n) is 8.98. The van der Waals surface area contributed by atoms with Crippen LogP contribution in [0.4, 0.5) is 5.69 Å². The lowest BCUT2D eigenvalue weighted by atomic mass is 10.1. The number of benzene rings is 3. The van der Waals surface area contributed by atoms with E-state index in [-0.39, 0.29) is 18.5 Å². The summed E-state index contributed by atoms with van der Waals surface area (Å²) in [6, 6.07) is 16.6. The number of amides is 2. The third-order valence-electron chi connectivity index (χ3n) is 6.27. The highest BCUT2D eigenvalue weighted by atomic mass is 35.5. The number of fused-ring (bicyclic) bond motifs is 1. The van der Waals surface area contributed by atoms with Crippen molar-refractivity contribution in [2.45, 2.75) is 45.8 Å². The van der Waals surface area contributed by atoms with Crippen molar-refractivity contribution in [1.29, 1.82) is 0 Å². The van der Waals surface area contributed by atoms with E-state index < -0.39 is 28.5 Å². The molecule has 10 heteroatoms. The van der Waals surface area contributed by atoms with E-state index in [1.807, 2.05) is 32.0 Å². The van der Waals surface area contributed by atoms with Crippen LogP contribution in [0.2, 0.25) is 10.0 Å². The van der Waals surface area contributed by atoms with Crippen LogP contribution in [0.3, 0.4) is 0 Å². The number of nitrogens with one attached hydrogen (secondary N) is 1. The average Bonchev–Trinajstić information content (AvgIpc) is 2.85. The highest BCUT2D eigenvalue weighted by molar-refractivity contribution is 7.92. The van der Waals surface area contributed by atoms with Crippen LogP contribution >= 0.6 is 23.2 Å². The molecule has 3 aromatic carbocycles. The molecule has 0 bridgehead atoms. The zero-order valence-corrected chi connectivity index (χ0v) is 23.6. The van der Waals surface area contributed by atoms with Crippen LogP contribution in [0, 0.1) is 0 Å². The van der Waals surface area contributed by atoms with E-state index in [9.17, 15) is 18.0 Å². The number of hydrogen-bond acceptors (Lipinski definition) is 4. The molecule has 0 heterocycles. The van der Waals surface area contributed by atoms with E-state index in [2.05, 4.69) is 5.32 Å². The van der Waals surface area contributed by atoms with Gasteiger partial charge in [-0.25, -0.2) is 8.42 Å². The maximum absolute atomic E-state index is 13.8. The van der Waals surface area contributed by atoms with Crippen LogP contribution in [-0.2, 0) is 26.2 Å². The van der Waals surface area contributed by atoms with E-state index >= 15 is 0 Å². The smallest absolute Gasteiger partial charge is 0.244 e. The number of anilines is 1. The van der Waals surface area contributed by atoms with Crippen LogP contribution in [0.25, 0.3) is 10.8 Å². The van der Waals surface area contributed by atoms with Crippen LogP contribution in [0.15, 0.2) is 60.7 Å². The van der Waals surface area contributed by atoms with E-state index in [0.29, 0.717) is 33.1 Å². The maximum atomic E-state index is 13.8. The molecule has 0 fully saturated rings. The quantitative estimate of drug-likeness (QED) is 0.365. The molecule has 2 unspecified atom stereocenters. The molecule has 0 aliphatic carbocycles. The first kappa shape index (κ1) is 28.8. The zero-order chi connectivity index (χ0) is 27.3. The summed E-state index contributed by atoms with van der Waals surface area (Å²) in [5.41, 5.74) is 0.847. The van der Waals surface area contributed by atoms with Gasteiger partial charge in [-0.05, 0) is 43.9 Å². The monoisotopic (exact) mass is 563 g/mol. The Bertz CT molecular complexity index is 1370. The van der Waals surface area contributed by atoms with Crippen molar-refractivity contribution in [2.75, 3.05) is 17.1 Å². The molecule has 0 aliphatic heterocycles. The minimum atomic E-state index is -3.86. The summed E-state index contributed by atoms with van der Waals surface area (Å²) in [7, 11) is -3.86. The molecule has 198 valence electrons. The second kappa shape index (κ2) is 12.2. The van der Waals surface area contributed by atoms with Crippen molar-refractivity contribution in [3.63, 3.8) is 0 Å². The molecule has 0 saturated carbocycles. The number of carbonyl (C=O) groups is 2. The molecule has 0 aromatic heterocycles. The Kier molecular flexibility index (Phi) is 9.45. The molecular formula is C27H31Cl2N3O4S. The van der Waals surface area contributed by atoms with Crippen LogP contribution < -0.4 is 9.62 Å². The van der Waals surface area contributed by atoms with Crippen molar-refractivity contribution < 1.29 is 18.0 Å². The molecule has 2 amide bonds. The zero-order valence-electron chi connectivity index (χ0n) is 21.2. The molecule has 0 saturated heterocycles. The minimum absolute atomic E-state index is 0.0699. The van der Waals surface area contributed by atoms with E-state index in [0.717, 1.165) is 15.9 Å². The second-order valence-corrected chi connectivity index (χ2v) is 11.7. The first-order valence-electron chi connectivity index (χ1n) is 11.9. The van der Waals surface area contributed by atoms with Gasteiger partial charge >= 0.3 is 0 Å². The van der Waals surface area contributed by atoms with Crippen LogP contribution in [0.1, 0.15) is 32.8 Å². The fourth-order valence-electron chi connectivity index (χ4n) is 3.92. The third kappa shape index (κ3) is 6.94. The van der Waals surface area contributed by atoms with E-state index in [4.69, 9.17) is 23.2 Å². The first-order valence-corrected chi connectivity index (χ1v) is 14.5. The molecule has 2 atom stereocenters. The Morgan fingerprint density at radius 2 is 1.54 bits per heavy atom. The van der Waals surface area contributed by atoms with Gasteiger partial charge in [-0.15, -0.1) is 0 Å². The fourth-order valence-corrected chi connectivity index (χ4v) is 5.30. The minimum Gasteiger partial charge on any atom is -0.352 e. The van der Waals surface area contributed by atoms with Crippen LogP contribution in [-0.4, -0.2) is 50.0 Å². The molecule has 37 heavy (non-hydrogen) atoms. The van der Waals surface area contributed by atoms with Gasteiger partial charge in [0, 0.05) is 33.6 Å². The van der Waals surface area contributed by atoms with Gasteiger partial charge in [0.1, 0.15) is 12.6 Å². The number of hydrogen-bond donors (Lipinski definition) is 1. The number of carbonyl (C=O) groups excluding carboxylic acids is 2. The summed E-state index contributed by atoms with van der Waals surface area (Å²) in [5, 5.41) is 5.09. The van der Waals surface area contributed by atoms with Crippen molar-refractivity contribution in [3.8, 4) is 0 Å². The molecule has 0 aliphatic rings. The highest BCUT2D eigenvalue weighted by Gasteiger charge is 2.31. The Morgan fingerprint density at radius 1 is 0.946 bits per heavy atom. The van der Waals surface area contributed by atoms with Gasteiger partial charge in [0.15, 0.2) is 0 Å². The standard InChI is InChI=1S/C27H31Cl2N3O4S/c1-5-18(2)30-27(34)19(3)31(16-22-23(28)13-9-14-24(22)29)26(33)17-32(37(4,35)36)25-15-8-11-20-10-6-7-12-21(20)25/h6-15,18-19H,5,16-17H2,1-4H3,(H,30,34). The Balaban J connectivity index is 2.03. The van der Waals surface area contributed by atoms with Gasteiger partial charge in [0.05, 0.1) is 11.9 Å². The molecule has 7 nitrogen and oxygen atoms in total. The molecule has 1 N–H and O–H groups in total. The molecule has 0 radical (unpaired) electrons. The fraction of sp³-hybridized carbons (Fsp3) is 0.333. The van der Waals surface area contributed by atoms with Gasteiger partial charge in [-0.2, -0.15) is 0 Å². The lowest BCUT2D eigenvalue weighted by molar-refractivity contribution is -0.139. The van der Waals surface area contributed by atoms with E-state index in [1.165, 1.54) is 4.90 Å². The van der Waals surface area contributed by atoms with Crippen LogP contribution in [0.5, 0.6) is 0 Å². The first-order chi connectivity index (χ1) is 17.4. The summed E-state index contributed by atoms with van der Waals surface area (Å²) < 4.78 is 26.9. The predicted molar refractivity (Wildman–Crippen MR) is 151 cm³/mol. The lowest BCUT2D eigenvalue weighted by Crippen LogP contribution is -2.52. The Labute approximate surface area is 228 Å². The summed E-state index contributed by atoms with van der Waals surface area (Å²) in [4.78, 5) is 28.1. The Morgan fingerprint density at radius 3 is 2.16 bits per heavy atom. The number of halogens is 2. The number of rotatable bonds is 10. The number of nitrogens with zero attached hydrogens (tertiary/aromatic N) is 2. The van der Waals surface area contributed by atoms with Gasteiger partial charge in [0.2, 0.25) is 21.8 Å². The van der Waals surface area contributed by atoms with Gasteiger partial charge in [-0.1, -0.05) is 72.6 Å². The molecule has 0 spiro atoms. The normalized spacial score (nSPS) is 13.1. The lowest BCUT2D eigenvalue weighted by Gasteiger charge is -2.32. The molecular weight excluding hydrogens is 533 g/mol. The van der Waals surface area contributed by atoms with Gasteiger partial charge < -0.3 is 10.2 Å². The van der Waals surface area contributed by atoms with Gasteiger partial charge in [-0.3, -0.25) is 13.9 Å². The van der Waals surface area contributed by atoms with Crippen molar-refractivity contribution in [3.05, 3.63) is 76.3 Å². The van der Waals surface area contributed by atoms with E-state index in [1.54, 1.807) is 49.4 Å². The largest absolute Gasteiger partial charge is 0.352 e.